The molecule has 1 atom stereocenters. The molecule has 0 aromatic heterocycles. The molecule has 1 aliphatic heterocycles. The second kappa shape index (κ2) is 11.6. The third-order valence-electron chi connectivity index (χ3n) is 6.06. The first-order valence-corrected chi connectivity index (χ1v) is 11.7. The number of hydrogen-bond donors (Lipinski definition) is 1. The van der Waals surface area contributed by atoms with Crippen LogP contribution >= 0.6 is 0 Å². The van der Waals surface area contributed by atoms with Gasteiger partial charge in [0.05, 0.1) is 5.56 Å². The van der Waals surface area contributed by atoms with Gasteiger partial charge in [0.25, 0.3) is 0 Å². The Morgan fingerprint density at radius 1 is 0.848 bits per heavy atom. The molecule has 0 aliphatic carbocycles. The highest BCUT2D eigenvalue weighted by Crippen LogP contribution is 2.21. The van der Waals surface area contributed by atoms with Gasteiger partial charge in [-0.3, -0.25) is 9.69 Å². The Morgan fingerprint density at radius 3 is 2.21 bits per heavy atom. The molecular formula is C28H32N2O3. The van der Waals surface area contributed by atoms with E-state index in [9.17, 15) is 9.90 Å². The van der Waals surface area contributed by atoms with Gasteiger partial charge < -0.3 is 14.7 Å². The molecule has 1 aliphatic rings. The predicted octanol–water partition coefficient (Wildman–Crippen LogP) is 4.06. The van der Waals surface area contributed by atoms with E-state index >= 15 is 0 Å². The molecule has 3 aromatic carbocycles. The maximum Gasteiger partial charge on any atom is 0.166 e. The van der Waals surface area contributed by atoms with E-state index in [1.807, 2.05) is 48.5 Å². The van der Waals surface area contributed by atoms with Crippen molar-refractivity contribution in [2.75, 3.05) is 44.2 Å². The van der Waals surface area contributed by atoms with Gasteiger partial charge in [-0.2, -0.15) is 0 Å². The first-order chi connectivity index (χ1) is 16.2. The van der Waals surface area contributed by atoms with Crippen LogP contribution in [-0.4, -0.2) is 61.2 Å². The number of Topliss-reactive ketones (excluding diaryl/α,β-unsaturated/α-hetero) is 1. The smallest absolute Gasteiger partial charge is 0.166 e. The van der Waals surface area contributed by atoms with Crippen LogP contribution in [0.2, 0.25) is 0 Å². The maximum absolute atomic E-state index is 12.8. The maximum atomic E-state index is 12.8. The highest BCUT2D eigenvalue weighted by Gasteiger charge is 2.20. The second-order valence-corrected chi connectivity index (χ2v) is 8.49. The number of aliphatic hydroxyl groups is 1. The number of β-amino-alcohol motifs (C(OH)–C–C–N with tert-alkyl or cyclic N) is 1. The SMILES string of the molecule is O=C(CCc1ccccc1)c1ccccc1OC[C@H](O)CN1CCN(c2ccccc2)CC1. The van der Waals surface area contributed by atoms with Gasteiger partial charge in [-0.15, -0.1) is 0 Å². The Labute approximate surface area is 196 Å². The van der Waals surface area contributed by atoms with E-state index in [-0.39, 0.29) is 12.4 Å². The number of rotatable bonds is 10. The molecule has 1 saturated heterocycles. The van der Waals surface area contributed by atoms with Crippen LogP contribution in [0.1, 0.15) is 22.3 Å². The molecule has 1 heterocycles. The van der Waals surface area contributed by atoms with E-state index < -0.39 is 6.10 Å². The molecule has 0 amide bonds. The number of ether oxygens (including phenoxy) is 1. The van der Waals surface area contributed by atoms with Crippen LogP contribution in [0.4, 0.5) is 5.69 Å². The average Bonchev–Trinajstić information content (AvgIpc) is 2.88. The Morgan fingerprint density at radius 2 is 1.48 bits per heavy atom. The monoisotopic (exact) mass is 444 g/mol. The van der Waals surface area contributed by atoms with Crippen LogP contribution in [0.25, 0.3) is 0 Å². The van der Waals surface area contributed by atoms with E-state index in [1.165, 1.54) is 5.69 Å². The van der Waals surface area contributed by atoms with Crippen molar-refractivity contribution >= 4 is 11.5 Å². The highest BCUT2D eigenvalue weighted by atomic mass is 16.5. The van der Waals surface area contributed by atoms with Crippen LogP contribution in [0, 0.1) is 0 Å². The lowest BCUT2D eigenvalue weighted by atomic mass is 10.0. The summed E-state index contributed by atoms with van der Waals surface area (Å²) in [5.74, 6) is 0.601. The third kappa shape index (κ3) is 6.67. The number of benzene rings is 3. The minimum absolute atomic E-state index is 0.0565. The predicted molar refractivity (Wildman–Crippen MR) is 132 cm³/mol. The minimum Gasteiger partial charge on any atom is -0.490 e. The van der Waals surface area contributed by atoms with Gasteiger partial charge in [0, 0.05) is 44.8 Å². The van der Waals surface area contributed by atoms with E-state index in [4.69, 9.17) is 4.74 Å². The quantitative estimate of drug-likeness (QED) is 0.478. The molecule has 5 nitrogen and oxygen atoms in total. The molecule has 33 heavy (non-hydrogen) atoms. The minimum atomic E-state index is -0.610. The zero-order chi connectivity index (χ0) is 22.9. The zero-order valence-corrected chi connectivity index (χ0v) is 19.0. The number of carbonyl (C=O) groups is 1. The van der Waals surface area contributed by atoms with Crippen LogP contribution in [0.3, 0.4) is 0 Å². The number of nitrogens with zero attached hydrogens (tertiary/aromatic N) is 2. The molecule has 172 valence electrons. The summed E-state index contributed by atoms with van der Waals surface area (Å²) >= 11 is 0. The molecule has 1 fully saturated rings. The zero-order valence-electron chi connectivity index (χ0n) is 19.0. The number of ketones is 1. The molecule has 0 unspecified atom stereocenters. The van der Waals surface area contributed by atoms with Crippen LogP contribution in [0.5, 0.6) is 5.75 Å². The molecule has 0 radical (unpaired) electrons. The first kappa shape index (κ1) is 23.0. The lowest BCUT2D eigenvalue weighted by Crippen LogP contribution is -2.49. The first-order valence-electron chi connectivity index (χ1n) is 11.7. The van der Waals surface area contributed by atoms with Crippen molar-refractivity contribution in [3.05, 3.63) is 96.1 Å². The fourth-order valence-electron chi connectivity index (χ4n) is 4.22. The topological polar surface area (TPSA) is 53.0 Å². The Hall–Kier alpha value is -3.15. The number of hydrogen-bond acceptors (Lipinski definition) is 5. The highest BCUT2D eigenvalue weighted by molar-refractivity contribution is 5.98. The summed E-state index contributed by atoms with van der Waals surface area (Å²) in [6.45, 7) is 4.42. The normalized spacial score (nSPS) is 15.2. The number of anilines is 1. The molecular weight excluding hydrogens is 412 g/mol. The lowest BCUT2D eigenvalue weighted by Gasteiger charge is -2.36. The van der Waals surface area contributed by atoms with Crippen molar-refractivity contribution in [1.29, 1.82) is 0 Å². The van der Waals surface area contributed by atoms with Gasteiger partial charge in [0.1, 0.15) is 18.5 Å². The summed E-state index contributed by atoms with van der Waals surface area (Å²) in [5, 5.41) is 10.6. The van der Waals surface area contributed by atoms with Crippen molar-refractivity contribution in [3.63, 3.8) is 0 Å². The standard InChI is InChI=1S/C28H32N2O3/c31-25(21-29-17-19-30(20-18-29)24-11-5-2-6-12-24)22-33-28-14-8-7-13-26(28)27(32)16-15-23-9-3-1-4-10-23/h1-14,25,31H,15-22H2/t25-/m1/s1. The van der Waals surface area contributed by atoms with E-state index in [0.717, 1.165) is 31.7 Å². The Kier molecular flexibility index (Phi) is 8.12. The molecule has 5 heteroatoms. The van der Waals surface area contributed by atoms with Crippen LogP contribution in [-0.2, 0) is 6.42 Å². The van der Waals surface area contributed by atoms with Crippen LogP contribution in [0.15, 0.2) is 84.9 Å². The van der Waals surface area contributed by atoms with Crippen molar-refractivity contribution in [2.24, 2.45) is 0 Å². The fraction of sp³-hybridized carbons (Fsp3) is 0.321. The molecule has 0 spiro atoms. The summed E-state index contributed by atoms with van der Waals surface area (Å²) in [4.78, 5) is 17.4. The van der Waals surface area contributed by atoms with Gasteiger partial charge in [-0.25, -0.2) is 0 Å². The summed E-state index contributed by atoms with van der Waals surface area (Å²) in [5.41, 5.74) is 2.97. The molecule has 4 rings (SSSR count). The van der Waals surface area contributed by atoms with Gasteiger partial charge >= 0.3 is 0 Å². The summed E-state index contributed by atoms with van der Waals surface area (Å²) in [6.07, 6.45) is 0.519. The molecule has 1 N–H and O–H groups in total. The van der Waals surface area contributed by atoms with Crippen molar-refractivity contribution in [2.45, 2.75) is 18.9 Å². The third-order valence-corrected chi connectivity index (χ3v) is 6.06. The second-order valence-electron chi connectivity index (χ2n) is 8.49. The number of para-hydroxylation sites is 2. The van der Waals surface area contributed by atoms with E-state index in [2.05, 4.69) is 34.1 Å². The van der Waals surface area contributed by atoms with E-state index in [1.54, 1.807) is 12.1 Å². The fourth-order valence-corrected chi connectivity index (χ4v) is 4.22. The molecule has 0 bridgehead atoms. The van der Waals surface area contributed by atoms with Gasteiger partial charge in [-0.05, 0) is 36.2 Å². The van der Waals surface area contributed by atoms with Crippen molar-refractivity contribution in [1.82, 2.24) is 4.90 Å². The van der Waals surface area contributed by atoms with Gasteiger partial charge in [0.15, 0.2) is 5.78 Å². The number of carbonyl (C=O) groups excluding carboxylic acids is 1. The largest absolute Gasteiger partial charge is 0.490 e. The van der Waals surface area contributed by atoms with Gasteiger partial charge in [0.2, 0.25) is 0 Å². The molecule has 0 saturated carbocycles. The Bertz CT molecular complexity index is 1000. The summed E-state index contributed by atoms with van der Waals surface area (Å²) in [6, 6.07) is 27.8. The summed E-state index contributed by atoms with van der Waals surface area (Å²) < 4.78 is 5.90. The van der Waals surface area contributed by atoms with E-state index in [0.29, 0.717) is 30.7 Å². The van der Waals surface area contributed by atoms with Crippen molar-refractivity contribution < 1.29 is 14.6 Å². The van der Waals surface area contributed by atoms with Gasteiger partial charge in [-0.1, -0.05) is 60.7 Å². The molecule has 3 aromatic rings. The lowest BCUT2D eigenvalue weighted by molar-refractivity contribution is 0.0655. The van der Waals surface area contributed by atoms with Crippen LogP contribution < -0.4 is 9.64 Å². The number of aliphatic hydroxyl groups excluding tert-OH is 1. The average molecular weight is 445 g/mol. The summed E-state index contributed by atoms with van der Waals surface area (Å²) in [7, 11) is 0. The van der Waals surface area contributed by atoms with Crippen molar-refractivity contribution in [3.8, 4) is 5.75 Å². The number of aryl methyl sites for hydroxylation is 1. The number of piperazine rings is 1. The Balaban J connectivity index is 1.24.